The summed E-state index contributed by atoms with van der Waals surface area (Å²) in [5.41, 5.74) is 1.01. The van der Waals surface area contributed by atoms with E-state index in [1.807, 2.05) is 0 Å². The predicted molar refractivity (Wildman–Crippen MR) is 65.6 cm³/mol. The van der Waals surface area contributed by atoms with Crippen LogP contribution in [-0.4, -0.2) is 19.5 Å². The highest BCUT2D eigenvalue weighted by Gasteiger charge is 2.08. The smallest absolute Gasteiger partial charge is 0.225 e. The lowest BCUT2D eigenvalue weighted by Crippen LogP contribution is -2.19. The topological polar surface area (TPSA) is 41.1 Å². The molecule has 0 saturated carbocycles. The number of benzene rings is 1. The molecule has 0 aliphatic carbocycles. The molecule has 0 aliphatic rings. The van der Waals surface area contributed by atoms with Crippen molar-refractivity contribution < 1.29 is 9.18 Å². The third-order valence-corrected chi connectivity index (χ3v) is 2.09. The molecule has 90 valence electrons. The summed E-state index contributed by atoms with van der Waals surface area (Å²) < 4.78 is 13.3. The van der Waals surface area contributed by atoms with E-state index in [2.05, 4.69) is 10.6 Å². The number of hydrogen-bond acceptors (Lipinski definition) is 2. The van der Waals surface area contributed by atoms with Gasteiger partial charge in [0.05, 0.1) is 5.69 Å². The number of para-hydroxylation sites is 1. The van der Waals surface area contributed by atoms with Gasteiger partial charge in [-0.1, -0.05) is 12.1 Å². The van der Waals surface area contributed by atoms with Crippen molar-refractivity contribution in [2.45, 2.75) is 13.3 Å². The first-order valence-corrected chi connectivity index (χ1v) is 4.84. The van der Waals surface area contributed by atoms with Gasteiger partial charge >= 0.3 is 0 Å². The first-order valence-electron chi connectivity index (χ1n) is 4.84. The van der Waals surface area contributed by atoms with Crippen LogP contribution in [0.2, 0.25) is 0 Å². The number of nitrogens with one attached hydrogen (secondary N) is 2. The molecule has 0 aromatic heterocycles. The molecule has 0 unspecified atom stereocenters. The normalized spacial score (nSPS) is 9.44. The molecule has 3 nitrogen and oxygen atoms in total. The van der Waals surface area contributed by atoms with Crippen molar-refractivity contribution in [3.8, 4) is 0 Å². The molecule has 0 saturated heterocycles. The molecular formula is C11H16ClFN2O. The molecule has 0 atom stereocenters. The van der Waals surface area contributed by atoms with Crippen molar-refractivity contribution in [2.75, 3.05) is 18.9 Å². The van der Waals surface area contributed by atoms with Crippen LogP contribution < -0.4 is 10.6 Å². The van der Waals surface area contributed by atoms with Gasteiger partial charge in [-0.05, 0) is 25.6 Å². The predicted octanol–water partition coefficient (Wildman–Crippen LogP) is 2.10. The van der Waals surface area contributed by atoms with Gasteiger partial charge in [-0.2, -0.15) is 0 Å². The lowest BCUT2D eigenvalue weighted by atomic mass is 10.2. The number of anilines is 1. The highest BCUT2D eigenvalue weighted by atomic mass is 35.5. The Balaban J connectivity index is 0.00000225. The fourth-order valence-electron chi connectivity index (χ4n) is 1.23. The van der Waals surface area contributed by atoms with E-state index < -0.39 is 5.82 Å². The van der Waals surface area contributed by atoms with E-state index in [4.69, 9.17) is 0 Å². The van der Waals surface area contributed by atoms with Crippen LogP contribution in [0.1, 0.15) is 12.0 Å². The minimum Gasteiger partial charge on any atom is -0.323 e. The van der Waals surface area contributed by atoms with E-state index in [9.17, 15) is 9.18 Å². The van der Waals surface area contributed by atoms with Crippen LogP contribution >= 0.6 is 12.4 Å². The van der Waals surface area contributed by atoms with E-state index in [-0.39, 0.29) is 24.0 Å². The number of aryl methyl sites for hydroxylation is 1. The molecule has 16 heavy (non-hydrogen) atoms. The van der Waals surface area contributed by atoms with Crippen molar-refractivity contribution in [1.82, 2.24) is 5.32 Å². The van der Waals surface area contributed by atoms with Gasteiger partial charge in [0.15, 0.2) is 0 Å². The lowest BCUT2D eigenvalue weighted by Gasteiger charge is -2.08. The van der Waals surface area contributed by atoms with Gasteiger partial charge < -0.3 is 10.6 Å². The van der Waals surface area contributed by atoms with Gasteiger partial charge in [0.2, 0.25) is 5.91 Å². The average molecular weight is 247 g/mol. The number of amides is 1. The van der Waals surface area contributed by atoms with Gasteiger partial charge in [0, 0.05) is 13.0 Å². The van der Waals surface area contributed by atoms with Gasteiger partial charge in [-0.15, -0.1) is 12.4 Å². The van der Waals surface area contributed by atoms with Crippen LogP contribution in [0.15, 0.2) is 18.2 Å². The number of carbonyl (C=O) groups excluding carboxylic acids is 1. The minimum atomic E-state index is -0.396. The molecule has 5 heteroatoms. The van der Waals surface area contributed by atoms with Gasteiger partial charge in [-0.3, -0.25) is 4.79 Å². The SMILES string of the molecule is CNCCC(=O)Nc1c(C)cccc1F.Cl. The number of halogens is 2. The molecule has 1 aromatic carbocycles. The zero-order valence-corrected chi connectivity index (χ0v) is 10.2. The third kappa shape index (κ3) is 4.16. The van der Waals surface area contributed by atoms with E-state index in [0.29, 0.717) is 13.0 Å². The molecule has 0 fully saturated rings. The highest BCUT2D eigenvalue weighted by Crippen LogP contribution is 2.18. The van der Waals surface area contributed by atoms with Crippen molar-refractivity contribution in [2.24, 2.45) is 0 Å². The Bertz CT molecular complexity index is 338. The van der Waals surface area contributed by atoms with Crippen molar-refractivity contribution in [3.05, 3.63) is 29.6 Å². The number of hydrogen-bond donors (Lipinski definition) is 2. The number of rotatable bonds is 4. The van der Waals surface area contributed by atoms with Crippen molar-refractivity contribution >= 4 is 24.0 Å². The molecular weight excluding hydrogens is 231 g/mol. The second kappa shape index (κ2) is 7.19. The maximum atomic E-state index is 13.3. The molecule has 0 heterocycles. The van der Waals surface area contributed by atoms with Crippen LogP contribution in [0.3, 0.4) is 0 Å². The van der Waals surface area contributed by atoms with E-state index in [0.717, 1.165) is 5.56 Å². The van der Waals surface area contributed by atoms with E-state index >= 15 is 0 Å². The quantitative estimate of drug-likeness (QED) is 0.854. The average Bonchev–Trinajstić information content (AvgIpc) is 2.21. The first-order chi connectivity index (χ1) is 7.15. The molecule has 0 radical (unpaired) electrons. The Morgan fingerprint density at radius 3 is 2.69 bits per heavy atom. The van der Waals surface area contributed by atoms with Crippen LogP contribution in [0.4, 0.5) is 10.1 Å². The zero-order chi connectivity index (χ0) is 11.3. The molecule has 0 aliphatic heterocycles. The largest absolute Gasteiger partial charge is 0.323 e. The molecule has 0 bridgehead atoms. The Labute approximate surface area is 101 Å². The van der Waals surface area contributed by atoms with E-state index in [1.54, 1.807) is 26.1 Å². The molecule has 1 aromatic rings. The van der Waals surface area contributed by atoms with Gasteiger partial charge in [0.25, 0.3) is 0 Å². The van der Waals surface area contributed by atoms with E-state index in [1.165, 1.54) is 6.07 Å². The fraction of sp³-hybridized carbons (Fsp3) is 0.364. The van der Waals surface area contributed by atoms with Gasteiger partial charge in [-0.25, -0.2) is 4.39 Å². The number of carbonyl (C=O) groups is 1. The Morgan fingerprint density at radius 1 is 1.44 bits per heavy atom. The minimum absolute atomic E-state index is 0. The van der Waals surface area contributed by atoms with Gasteiger partial charge in [0.1, 0.15) is 5.82 Å². The van der Waals surface area contributed by atoms with Crippen LogP contribution in [-0.2, 0) is 4.79 Å². The first kappa shape index (κ1) is 14.9. The second-order valence-corrected chi connectivity index (χ2v) is 3.33. The highest BCUT2D eigenvalue weighted by molar-refractivity contribution is 5.91. The summed E-state index contributed by atoms with van der Waals surface area (Å²) in [5.74, 6) is -0.578. The summed E-state index contributed by atoms with van der Waals surface area (Å²) in [7, 11) is 1.77. The molecule has 1 amide bonds. The second-order valence-electron chi connectivity index (χ2n) is 3.33. The Morgan fingerprint density at radius 2 is 2.12 bits per heavy atom. The molecule has 1 rings (SSSR count). The summed E-state index contributed by atoms with van der Waals surface area (Å²) in [5, 5.41) is 5.42. The standard InChI is InChI=1S/C11H15FN2O.ClH/c1-8-4-3-5-9(12)11(8)14-10(15)6-7-13-2;/h3-5,13H,6-7H2,1-2H3,(H,14,15);1H. The summed E-state index contributed by atoms with van der Waals surface area (Å²) in [6.07, 6.45) is 0.338. The van der Waals surface area contributed by atoms with Crippen LogP contribution in [0.25, 0.3) is 0 Å². The van der Waals surface area contributed by atoms with Crippen LogP contribution in [0, 0.1) is 12.7 Å². The Hall–Kier alpha value is -1.13. The Kier molecular flexibility index (Phi) is 6.69. The zero-order valence-electron chi connectivity index (χ0n) is 9.34. The maximum absolute atomic E-state index is 13.3. The summed E-state index contributed by atoms with van der Waals surface area (Å²) in [6.45, 7) is 2.34. The molecule has 0 spiro atoms. The van der Waals surface area contributed by atoms with Crippen LogP contribution in [0.5, 0.6) is 0 Å². The summed E-state index contributed by atoms with van der Waals surface area (Å²) in [4.78, 5) is 11.4. The summed E-state index contributed by atoms with van der Waals surface area (Å²) in [6, 6.07) is 4.71. The maximum Gasteiger partial charge on any atom is 0.225 e. The van der Waals surface area contributed by atoms with Crippen molar-refractivity contribution in [3.63, 3.8) is 0 Å². The molecule has 2 N–H and O–H groups in total. The summed E-state index contributed by atoms with van der Waals surface area (Å²) >= 11 is 0. The third-order valence-electron chi connectivity index (χ3n) is 2.09. The monoisotopic (exact) mass is 246 g/mol. The lowest BCUT2D eigenvalue weighted by molar-refractivity contribution is -0.116. The fourth-order valence-corrected chi connectivity index (χ4v) is 1.23. The van der Waals surface area contributed by atoms with Crippen molar-refractivity contribution in [1.29, 1.82) is 0 Å².